The molecule has 2 fully saturated rings. The lowest BCUT2D eigenvalue weighted by molar-refractivity contribution is -0.161. The first-order valence-corrected chi connectivity index (χ1v) is 10.4. The Morgan fingerprint density at radius 1 is 1.26 bits per heavy atom. The van der Waals surface area contributed by atoms with E-state index in [2.05, 4.69) is 5.32 Å². The zero-order valence-electron chi connectivity index (χ0n) is 14.4. The summed E-state index contributed by atoms with van der Waals surface area (Å²) in [7, 11) is -4.77. The van der Waals surface area contributed by atoms with Gasteiger partial charge in [-0.15, -0.1) is 11.8 Å². The van der Waals surface area contributed by atoms with Crippen LogP contribution in [0.15, 0.2) is 30.3 Å². The number of amides is 2. The summed E-state index contributed by atoms with van der Waals surface area (Å²) in [6.07, 6.45) is 0. The molecule has 0 aromatic heterocycles. The van der Waals surface area contributed by atoms with Crippen LogP contribution in [0.4, 0.5) is 0 Å². The Hall–Kier alpha value is -2.11. The van der Waals surface area contributed by atoms with E-state index in [1.54, 1.807) is 19.9 Å². The van der Waals surface area contributed by atoms with E-state index in [1.165, 1.54) is 40.9 Å². The van der Waals surface area contributed by atoms with E-state index < -0.39 is 55.4 Å². The molecule has 0 saturated carbocycles. The Morgan fingerprint density at radius 3 is 2.37 bits per heavy atom. The molecule has 11 heteroatoms. The van der Waals surface area contributed by atoms with Crippen LogP contribution in [0.3, 0.4) is 0 Å². The molecule has 4 atom stereocenters. The predicted octanol–water partition coefficient (Wildman–Crippen LogP) is 0.247. The molecule has 27 heavy (non-hydrogen) atoms. The zero-order valence-corrected chi connectivity index (χ0v) is 16.0. The van der Waals surface area contributed by atoms with Crippen LogP contribution in [0.2, 0.25) is 0 Å². The fraction of sp³-hybridized carbons (Fsp3) is 0.438. The number of carboxylic acids is 1. The number of hydrogen-bond donors (Lipinski definition) is 3. The summed E-state index contributed by atoms with van der Waals surface area (Å²) < 4.78 is 32.2. The first-order valence-electron chi connectivity index (χ1n) is 7.99. The topological polar surface area (TPSA) is 141 Å². The van der Waals surface area contributed by atoms with Gasteiger partial charge < -0.3 is 15.3 Å². The molecule has 2 saturated heterocycles. The van der Waals surface area contributed by atoms with Gasteiger partial charge in [0.05, 0.1) is 0 Å². The fourth-order valence-corrected chi connectivity index (χ4v) is 5.93. The fourth-order valence-electron chi connectivity index (χ4n) is 3.46. The number of aliphatic carboxylic acids is 1. The SMILES string of the molecule is CC1(C)S[C@@H]2[C@H](NC(=O)[C@@H](c3ccccc3)S(=O)(=O)O)C(=O)N2[C@@H]1C(=O)O. The lowest BCUT2D eigenvalue weighted by Gasteiger charge is -2.43. The van der Waals surface area contributed by atoms with Gasteiger partial charge in [0.25, 0.3) is 10.1 Å². The second kappa shape index (κ2) is 6.50. The van der Waals surface area contributed by atoms with Gasteiger partial charge in [0.2, 0.25) is 11.8 Å². The number of β-lactam (4-membered cyclic amide) rings is 1. The average molecular weight is 414 g/mol. The summed E-state index contributed by atoms with van der Waals surface area (Å²) in [4.78, 5) is 37.7. The molecule has 0 bridgehead atoms. The maximum atomic E-state index is 12.6. The zero-order chi connectivity index (χ0) is 20.1. The van der Waals surface area contributed by atoms with Crippen LogP contribution in [-0.4, -0.2) is 63.0 Å². The number of nitrogens with zero attached hydrogens (tertiary/aromatic N) is 1. The van der Waals surface area contributed by atoms with Crippen molar-refractivity contribution in [3.63, 3.8) is 0 Å². The number of carboxylic acid groups (broad SMARTS) is 1. The highest BCUT2D eigenvalue weighted by atomic mass is 32.2. The third-order valence-corrected chi connectivity index (χ3v) is 7.26. The van der Waals surface area contributed by atoms with Gasteiger partial charge in [-0.2, -0.15) is 8.42 Å². The van der Waals surface area contributed by atoms with E-state index in [-0.39, 0.29) is 5.56 Å². The Labute approximate surface area is 159 Å². The molecule has 3 N–H and O–H groups in total. The molecule has 146 valence electrons. The van der Waals surface area contributed by atoms with Crippen LogP contribution in [0.1, 0.15) is 24.7 Å². The van der Waals surface area contributed by atoms with Gasteiger partial charge in [0, 0.05) is 4.75 Å². The van der Waals surface area contributed by atoms with Crippen LogP contribution < -0.4 is 5.32 Å². The summed E-state index contributed by atoms with van der Waals surface area (Å²) in [5.74, 6) is -2.78. The van der Waals surface area contributed by atoms with Crippen molar-refractivity contribution in [3.8, 4) is 0 Å². The molecule has 2 aliphatic heterocycles. The second-order valence-electron chi connectivity index (χ2n) is 6.89. The van der Waals surface area contributed by atoms with Crippen LogP contribution >= 0.6 is 11.8 Å². The Kier molecular flexibility index (Phi) is 4.73. The summed E-state index contributed by atoms with van der Waals surface area (Å²) in [6, 6.07) is 5.31. The highest BCUT2D eigenvalue weighted by Crippen LogP contribution is 2.50. The number of carbonyl (C=O) groups is 3. The third kappa shape index (κ3) is 3.30. The summed E-state index contributed by atoms with van der Waals surface area (Å²) in [6.45, 7) is 3.37. The van der Waals surface area contributed by atoms with Gasteiger partial charge >= 0.3 is 5.97 Å². The molecule has 2 aliphatic rings. The number of benzene rings is 1. The lowest BCUT2D eigenvalue weighted by Crippen LogP contribution is -2.71. The Bertz CT molecular complexity index is 901. The highest BCUT2D eigenvalue weighted by Gasteiger charge is 2.64. The standard InChI is InChI=1S/C16H18N2O7S2/c1-16(2)11(15(21)22)18-13(20)9(14(18)26-16)17-12(19)10(27(23,24)25)8-6-4-3-5-7-8/h3-7,9-11,14H,1-2H3,(H,17,19)(H,21,22)(H,23,24,25)/t9-,10-,11-,14-/m1/s1. The number of rotatable bonds is 5. The van der Waals surface area contributed by atoms with Crippen LogP contribution in [-0.2, 0) is 24.5 Å². The maximum Gasteiger partial charge on any atom is 0.327 e. The molecule has 9 nitrogen and oxygen atoms in total. The van der Waals surface area contributed by atoms with E-state index in [0.717, 1.165) is 0 Å². The molecular weight excluding hydrogens is 396 g/mol. The highest BCUT2D eigenvalue weighted by molar-refractivity contribution is 8.01. The summed E-state index contributed by atoms with van der Waals surface area (Å²) in [5.41, 5.74) is 0.0592. The molecule has 0 unspecified atom stereocenters. The molecule has 0 radical (unpaired) electrons. The third-order valence-electron chi connectivity index (χ3n) is 4.61. The lowest BCUT2D eigenvalue weighted by atomic mass is 9.96. The average Bonchev–Trinajstić information content (AvgIpc) is 2.81. The monoisotopic (exact) mass is 414 g/mol. The Balaban J connectivity index is 1.83. The smallest absolute Gasteiger partial charge is 0.327 e. The molecule has 1 aromatic rings. The van der Waals surface area contributed by atoms with Crippen LogP contribution in [0.5, 0.6) is 0 Å². The van der Waals surface area contributed by atoms with E-state index in [4.69, 9.17) is 0 Å². The largest absolute Gasteiger partial charge is 0.480 e. The van der Waals surface area contributed by atoms with Gasteiger partial charge in [0.15, 0.2) is 5.25 Å². The van der Waals surface area contributed by atoms with E-state index in [9.17, 15) is 32.5 Å². The summed E-state index contributed by atoms with van der Waals surface area (Å²) in [5, 5.41) is 9.26. The number of carbonyl (C=O) groups excluding carboxylic acids is 2. The van der Waals surface area contributed by atoms with Crippen molar-refractivity contribution in [3.05, 3.63) is 35.9 Å². The van der Waals surface area contributed by atoms with E-state index >= 15 is 0 Å². The van der Waals surface area contributed by atoms with Crippen molar-refractivity contribution in [1.82, 2.24) is 10.2 Å². The number of nitrogens with one attached hydrogen (secondary N) is 1. The molecule has 0 spiro atoms. The second-order valence-corrected chi connectivity index (χ2v) is 10.2. The number of hydrogen-bond acceptors (Lipinski definition) is 6. The first kappa shape index (κ1) is 19.6. The molecule has 0 aliphatic carbocycles. The van der Waals surface area contributed by atoms with Gasteiger partial charge in [-0.3, -0.25) is 14.1 Å². The molecule has 2 heterocycles. The molecule has 1 aromatic carbocycles. The molecule has 2 amide bonds. The Morgan fingerprint density at radius 2 is 1.85 bits per heavy atom. The van der Waals surface area contributed by atoms with Crippen molar-refractivity contribution >= 4 is 39.7 Å². The molecular formula is C16H18N2O7S2. The number of fused-ring (bicyclic) bond motifs is 1. The maximum absolute atomic E-state index is 12.6. The van der Waals surface area contributed by atoms with Gasteiger partial charge in [-0.25, -0.2) is 4.79 Å². The quantitative estimate of drug-likeness (QED) is 0.460. The van der Waals surface area contributed by atoms with Crippen LogP contribution in [0.25, 0.3) is 0 Å². The predicted molar refractivity (Wildman–Crippen MR) is 96.4 cm³/mol. The van der Waals surface area contributed by atoms with Crippen molar-refractivity contribution in [2.75, 3.05) is 0 Å². The first-order chi connectivity index (χ1) is 12.4. The van der Waals surface area contributed by atoms with E-state index in [1.807, 2.05) is 0 Å². The van der Waals surface area contributed by atoms with Gasteiger partial charge in [0.1, 0.15) is 17.5 Å². The van der Waals surface area contributed by atoms with Crippen molar-refractivity contribution in [2.24, 2.45) is 0 Å². The van der Waals surface area contributed by atoms with E-state index in [0.29, 0.717) is 0 Å². The number of thioether (sulfide) groups is 1. The van der Waals surface area contributed by atoms with Crippen LogP contribution in [0, 0.1) is 0 Å². The van der Waals surface area contributed by atoms with Gasteiger partial charge in [-0.05, 0) is 19.4 Å². The van der Waals surface area contributed by atoms with Crippen molar-refractivity contribution in [1.29, 1.82) is 0 Å². The minimum absolute atomic E-state index is 0.0592. The van der Waals surface area contributed by atoms with Crippen molar-refractivity contribution in [2.45, 2.75) is 41.3 Å². The van der Waals surface area contributed by atoms with Gasteiger partial charge in [-0.1, -0.05) is 30.3 Å². The molecule has 3 rings (SSSR count). The minimum atomic E-state index is -4.77. The minimum Gasteiger partial charge on any atom is -0.480 e. The summed E-state index contributed by atoms with van der Waals surface area (Å²) >= 11 is 1.22. The van der Waals surface area contributed by atoms with Crippen molar-refractivity contribution < 1.29 is 32.5 Å². The normalized spacial score (nSPS) is 27.4.